The van der Waals surface area contributed by atoms with E-state index in [0.717, 1.165) is 38.5 Å². The highest BCUT2D eigenvalue weighted by Gasteiger charge is 2.64. The van der Waals surface area contributed by atoms with Crippen LogP contribution in [0.15, 0.2) is 35.4 Å². The van der Waals surface area contributed by atoms with Crippen molar-refractivity contribution in [2.45, 2.75) is 102 Å². The van der Waals surface area contributed by atoms with Gasteiger partial charge in [-0.2, -0.15) is 12.6 Å². The van der Waals surface area contributed by atoms with Gasteiger partial charge in [0.25, 0.3) is 0 Å². The van der Waals surface area contributed by atoms with Crippen LogP contribution >= 0.6 is 12.6 Å². The molecule has 0 bridgehead atoms. The number of allylic oxidation sites excluding steroid dienone is 1. The highest BCUT2D eigenvalue weighted by molar-refractivity contribution is 7.80. The third kappa shape index (κ3) is 4.00. The van der Waals surface area contributed by atoms with Gasteiger partial charge in [-0.1, -0.05) is 50.6 Å². The summed E-state index contributed by atoms with van der Waals surface area (Å²) < 4.78 is 12.7. The zero-order valence-electron chi connectivity index (χ0n) is 23.4. The molecule has 1 aromatic carbocycles. The highest BCUT2D eigenvalue weighted by Crippen LogP contribution is 2.68. The zero-order chi connectivity index (χ0) is 27.1. The van der Waals surface area contributed by atoms with Crippen molar-refractivity contribution in [3.63, 3.8) is 0 Å². The summed E-state index contributed by atoms with van der Waals surface area (Å²) in [7, 11) is 0. The molecule has 3 saturated carbocycles. The first-order chi connectivity index (χ1) is 17.8. The maximum atomic E-state index is 12.3. The summed E-state index contributed by atoms with van der Waals surface area (Å²) in [5.74, 6) is 0.617. The third-order valence-corrected chi connectivity index (χ3v) is 11.7. The Kier molecular flexibility index (Phi) is 6.33. The number of ketones is 1. The lowest BCUT2D eigenvalue weighted by atomic mass is 9.50. The normalized spacial score (nSPS) is 41.4. The van der Waals surface area contributed by atoms with E-state index >= 15 is 0 Å². The quantitative estimate of drug-likeness (QED) is 0.255. The summed E-state index contributed by atoms with van der Waals surface area (Å²) in [6.07, 6.45) is 6.22. The SMILES string of the molecule is CC(=O)c1ccc(C2CC3(C)C(CCC3(O)CS)C3CCC4(O)CC5(CCC4=C23)OCC(C)(C)CO5)cc1. The van der Waals surface area contributed by atoms with Crippen LogP contribution in [0.5, 0.6) is 0 Å². The lowest BCUT2D eigenvalue weighted by Gasteiger charge is -2.58. The molecule has 1 spiro atoms. The molecule has 208 valence electrons. The molecule has 4 aliphatic carbocycles. The lowest BCUT2D eigenvalue weighted by molar-refractivity contribution is -0.322. The van der Waals surface area contributed by atoms with E-state index in [9.17, 15) is 15.0 Å². The lowest BCUT2D eigenvalue weighted by Crippen LogP contribution is -2.58. The van der Waals surface area contributed by atoms with Crippen LogP contribution in [-0.2, 0) is 9.47 Å². The molecule has 1 aliphatic heterocycles. The number of carbonyl (C=O) groups is 1. The number of rotatable bonds is 3. The molecule has 6 unspecified atom stereocenters. The molecule has 0 radical (unpaired) electrons. The second-order valence-corrected chi connectivity index (χ2v) is 14.4. The summed E-state index contributed by atoms with van der Waals surface area (Å²) in [6, 6.07) is 8.06. The van der Waals surface area contributed by atoms with E-state index in [0.29, 0.717) is 49.2 Å². The molecule has 5 aliphatic rings. The molecule has 6 atom stereocenters. The molecule has 0 amide bonds. The molecular weight excluding hydrogens is 496 g/mol. The largest absolute Gasteiger partial charge is 0.388 e. The Hall–Kier alpha value is -1.18. The number of benzene rings is 1. The highest BCUT2D eigenvalue weighted by atomic mass is 32.1. The van der Waals surface area contributed by atoms with Crippen molar-refractivity contribution in [3.8, 4) is 0 Å². The second-order valence-electron chi connectivity index (χ2n) is 14.1. The standard InChI is InChI=1S/C32H44O5S/c1-20(33)21-5-7-22(8-6-21)24-15-29(4)25(10-13-31(29,35)19-38)23-9-12-30(34)16-32(14-11-26(30)27(23)24)36-17-28(2,3)18-37-32/h5-8,23-25,34-35,38H,9-19H2,1-4H3. The molecule has 2 N–H and O–H groups in total. The van der Waals surface area contributed by atoms with Crippen LogP contribution in [0.3, 0.4) is 0 Å². The minimum atomic E-state index is -0.935. The van der Waals surface area contributed by atoms with Crippen LogP contribution in [0, 0.1) is 22.7 Å². The second kappa shape index (κ2) is 8.91. The maximum Gasteiger partial charge on any atom is 0.171 e. The van der Waals surface area contributed by atoms with Crippen LogP contribution < -0.4 is 0 Å². The van der Waals surface area contributed by atoms with Gasteiger partial charge in [0, 0.05) is 40.9 Å². The number of fused-ring (bicyclic) bond motifs is 4. The van der Waals surface area contributed by atoms with Gasteiger partial charge in [0.2, 0.25) is 0 Å². The first-order valence-electron chi connectivity index (χ1n) is 14.5. The number of hydrogen-bond acceptors (Lipinski definition) is 6. The van der Waals surface area contributed by atoms with Gasteiger partial charge in [-0.25, -0.2) is 0 Å². The molecule has 1 saturated heterocycles. The van der Waals surface area contributed by atoms with Gasteiger partial charge in [0.1, 0.15) is 0 Å². The van der Waals surface area contributed by atoms with Crippen molar-refractivity contribution in [3.05, 3.63) is 46.5 Å². The Morgan fingerprint density at radius 1 is 1.03 bits per heavy atom. The van der Waals surface area contributed by atoms with Gasteiger partial charge >= 0.3 is 0 Å². The topological polar surface area (TPSA) is 76.0 Å². The molecule has 1 aromatic rings. The molecule has 38 heavy (non-hydrogen) atoms. The average molecular weight is 541 g/mol. The first-order valence-corrected chi connectivity index (χ1v) is 15.2. The molecular formula is C32H44O5S. The Morgan fingerprint density at radius 2 is 1.71 bits per heavy atom. The Morgan fingerprint density at radius 3 is 2.34 bits per heavy atom. The number of thiol groups is 1. The Labute approximate surface area is 232 Å². The van der Waals surface area contributed by atoms with Gasteiger partial charge in [0.15, 0.2) is 11.6 Å². The number of aliphatic hydroxyl groups is 2. The van der Waals surface area contributed by atoms with Crippen molar-refractivity contribution >= 4 is 18.4 Å². The van der Waals surface area contributed by atoms with Crippen molar-refractivity contribution in [1.82, 2.24) is 0 Å². The predicted molar refractivity (Wildman–Crippen MR) is 150 cm³/mol. The summed E-state index contributed by atoms with van der Waals surface area (Å²) in [5.41, 5.74) is 2.48. The first kappa shape index (κ1) is 27.0. The monoisotopic (exact) mass is 540 g/mol. The molecule has 4 fully saturated rings. The molecule has 1 heterocycles. The number of hydrogen-bond donors (Lipinski definition) is 3. The van der Waals surface area contributed by atoms with E-state index in [2.05, 4.69) is 45.5 Å². The van der Waals surface area contributed by atoms with Gasteiger partial charge in [-0.15, -0.1) is 0 Å². The third-order valence-electron chi connectivity index (χ3n) is 11.2. The van der Waals surface area contributed by atoms with Crippen molar-refractivity contribution < 1.29 is 24.5 Å². The average Bonchev–Trinajstić information content (AvgIpc) is 3.15. The number of carbonyl (C=O) groups excluding carboxylic acids is 1. The van der Waals surface area contributed by atoms with Crippen molar-refractivity contribution in [2.24, 2.45) is 22.7 Å². The van der Waals surface area contributed by atoms with Crippen LogP contribution in [0.2, 0.25) is 0 Å². The van der Waals surface area contributed by atoms with Crippen LogP contribution in [0.25, 0.3) is 0 Å². The predicted octanol–water partition coefficient (Wildman–Crippen LogP) is 5.84. The Balaban J connectivity index is 1.43. The van der Waals surface area contributed by atoms with Gasteiger partial charge < -0.3 is 19.7 Å². The van der Waals surface area contributed by atoms with Gasteiger partial charge in [-0.05, 0) is 68.4 Å². The minimum Gasteiger partial charge on any atom is -0.388 e. The van der Waals surface area contributed by atoms with E-state index < -0.39 is 17.0 Å². The van der Waals surface area contributed by atoms with Crippen molar-refractivity contribution in [1.29, 1.82) is 0 Å². The van der Waals surface area contributed by atoms with Crippen molar-refractivity contribution in [2.75, 3.05) is 19.0 Å². The molecule has 6 rings (SSSR count). The van der Waals surface area contributed by atoms with Gasteiger partial charge in [0.05, 0.1) is 24.4 Å². The molecule has 0 aromatic heterocycles. The molecule has 5 nitrogen and oxygen atoms in total. The maximum absolute atomic E-state index is 12.3. The zero-order valence-corrected chi connectivity index (χ0v) is 24.3. The minimum absolute atomic E-state index is 0.0124. The van der Waals surface area contributed by atoms with E-state index in [1.165, 1.54) is 16.7 Å². The number of ether oxygens (including phenoxy) is 2. The van der Waals surface area contributed by atoms with E-state index in [4.69, 9.17) is 9.47 Å². The fourth-order valence-corrected chi connectivity index (χ4v) is 9.38. The molecule has 6 heteroatoms. The van der Waals surface area contributed by atoms with E-state index in [1.54, 1.807) is 6.92 Å². The summed E-state index contributed by atoms with van der Waals surface area (Å²) in [6.45, 7) is 9.48. The smallest absolute Gasteiger partial charge is 0.171 e. The van der Waals surface area contributed by atoms with Gasteiger partial charge in [-0.3, -0.25) is 4.79 Å². The number of Topliss-reactive ketones (excluding diaryl/α,β-unsaturated/α-hetero) is 1. The fraction of sp³-hybridized carbons (Fsp3) is 0.719. The fourth-order valence-electron chi connectivity index (χ4n) is 8.86. The van der Waals surface area contributed by atoms with E-state index in [1.807, 2.05) is 12.1 Å². The Bertz CT molecular complexity index is 1150. The summed E-state index contributed by atoms with van der Waals surface area (Å²) >= 11 is 4.63. The van der Waals surface area contributed by atoms with Crippen LogP contribution in [0.4, 0.5) is 0 Å². The summed E-state index contributed by atoms with van der Waals surface area (Å²) in [4.78, 5) is 12.0. The summed E-state index contributed by atoms with van der Waals surface area (Å²) in [5, 5.41) is 24.1. The van der Waals surface area contributed by atoms with E-state index in [-0.39, 0.29) is 22.5 Å². The van der Waals surface area contributed by atoms with Crippen LogP contribution in [0.1, 0.15) is 101 Å². The van der Waals surface area contributed by atoms with Crippen LogP contribution in [-0.4, -0.2) is 52.0 Å².